The van der Waals surface area contributed by atoms with Gasteiger partial charge >= 0.3 is 0 Å². The van der Waals surface area contributed by atoms with Crippen LogP contribution in [0.5, 0.6) is 11.5 Å². The molecule has 9 heteroatoms. The number of sulfonamides is 1. The van der Waals surface area contributed by atoms with Gasteiger partial charge in [0.2, 0.25) is 10.0 Å². The lowest BCUT2D eigenvalue weighted by Crippen LogP contribution is -2.27. The van der Waals surface area contributed by atoms with Gasteiger partial charge in [0.25, 0.3) is 5.91 Å². The van der Waals surface area contributed by atoms with E-state index in [0.29, 0.717) is 24.0 Å². The fourth-order valence-corrected chi connectivity index (χ4v) is 4.13. The summed E-state index contributed by atoms with van der Waals surface area (Å²) in [5.74, 6) is 1.17. The number of carbonyl (C=O) groups is 1. The second-order valence-electron chi connectivity index (χ2n) is 7.74. The van der Waals surface area contributed by atoms with Crippen LogP contribution in [0.2, 0.25) is 5.02 Å². The van der Waals surface area contributed by atoms with Crippen LogP contribution in [0.4, 0.5) is 0 Å². The molecule has 1 amide bonds. The van der Waals surface area contributed by atoms with Gasteiger partial charge in [-0.25, -0.2) is 12.7 Å². The number of nitrogens with one attached hydrogen (secondary N) is 1. The first-order valence-electron chi connectivity index (χ1n) is 9.81. The van der Waals surface area contributed by atoms with Crippen molar-refractivity contribution in [1.29, 1.82) is 0 Å². The van der Waals surface area contributed by atoms with E-state index < -0.39 is 15.9 Å². The molecule has 2 aromatic carbocycles. The van der Waals surface area contributed by atoms with Crippen LogP contribution in [0.25, 0.3) is 0 Å². The van der Waals surface area contributed by atoms with Gasteiger partial charge in [-0.2, -0.15) is 0 Å². The summed E-state index contributed by atoms with van der Waals surface area (Å²) in [6.07, 6.45) is 0. The number of ether oxygens (including phenoxy) is 2. The molecule has 1 unspecified atom stereocenters. The molecule has 0 aliphatic heterocycles. The first kappa shape index (κ1) is 25.0. The molecule has 0 aliphatic rings. The summed E-state index contributed by atoms with van der Waals surface area (Å²) in [4.78, 5) is 12.7. The Morgan fingerprint density at radius 2 is 1.77 bits per heavy atom. The summed E-state index contributed by atoms with van der Waals surface area (Å²) in [6.45, 7) is 6.51. The van der Waals surface area contributed by atoms with Crippen molar-refractivity contribution in [3.8, 4) is 11.5 Å². The fourth-order valence-electron chi connectivity index (χ4n) is 2.73. The molecule has 0 saturated heterocycles. The summed E-state index contributed by atoms with van der Waals surface area (Å²) < 4.78 is 37.1. The van der Waals surface area contributed by atoms with Crippen LogP contribution in [-0.2, 0) is 10.0 Å². The van der Waals surface area contributed by atoms with E-state index in [-0.39, 0.29) is 21.5 Å². The van der Waals surface area contributed by atoms with E-state index >= 15 is 0 Å². The second-order valence-corrected chi connectivity index (χ2v) is 10.3. The topological polar surface area (TPSA) is 84.9 Å². The number of hydrogen-bond donors (Lipinski definition) is 1. The highest BCUT2D eigenvalue weighted by molar-refractivity contribution is 7.89. The van der Waals surface area contributed by atoms with Crippen molar-refractivity contribution in [3.05, 3.63) is 52.5 Å². The normalized spacial score (nSPS) is 12.7. The summed E-state index contributed by atoms with van der Waals surface area (Å²) in [5.41, 5.74) is 1.01. The van der Waals surface area contributed by atoms with Crippen LogP contribution in [0.15, 0.2) is 41.3 Å². The minimum atomic E-state index is -3.78. The maximum Gasteiger partial charge on any atom is 0.251 e. The standard InChI is InChI=1S/C22H29ClN2O5S/c1-14(2)13-30-19-10-8-16(11-20(19)29-6)15(3)24-22(26)17-7-9-18(23)21(12-17)31(27,28)25(4)5/h7-12,14-15H,13H2,1-6H3,(H,24,26). The van der Waals surface area contributed by atoms with Crippen molar-refractivity contribution in [1.82, 2.24) is 9.62 Å². The van der Waals surface area contributed by atoms with Crippen molar-refractivity contribution in [2.24, 2.45) is 5.92 Å². The molecule has 2 rings (SSSR count). The molecule has 0 heterocycles. The van der Waals surface area contributed by atoms with Crippen molar-refractivity contribution in [2.75, 3.05) is 27.8 Å². The zero-order valence-corrected chi connectivity index (χ0v) is 20.2. The Kier molecular flexibility index (Phi) is 8.34. The van der Waals surface area contributed by atoms with E-state index in [1.54, 1.807) is 7.11 Å². The summed E-state index contributed by atoms with van der Waals surface area (Å²) >= 11 is 6.06. The lowest BCUT2D eigenvalue weighted by Gasteiger charge is -2.18. The van der Waals surface area contributed by atoms with Gasteiger partial charge in [-0.15, -0.1) is 0 Å². The van der Waals surface area contributed by atoms with E-state index in [2.05, 4.69) is 19.2 Å². The molecule has 1 atom stereocenters. The molecular formula is C22H29ClN2O5S. The largest absolute Gasteiger partial charge is 0.493 e. The quantitative estimate of drug-likeness (QED) is 0.598. The molecule has 0 saturated carbocycles. The molecule has 170 valence electrons. The smallest absolute Gasteiger partial charge is 0.251 e. The lowest BCUT2D eigenvalue weighted by molar-refractivity contribution is 0.0939. The average Bonchev–Trinajstić information content (AvgIpc) is 2.71. The van der Waals surface area contributed by atoms with E-state index in [4.69, 9.17) is 21.1 Å². The number of carbonyl (C=O) groups excluding carboxylic acids is 1. The van der Waals surface area contributed by atoms with Gasteiger partial charge in [-0.3, -0.25) is 4.79 Å². The fraction of sp³-hybridized carbons (Fsp3) is 0.409. The molecule has 0 fully saturated rings. The number of halogens is 1. The molecule has 0 bridgehead atoms. The predicted octanol–water partition coefficient (Wildman–Crippen LogP) is 4.12. The molecule has 0 spiro atoms. The number of benzene rings is 2. The predicted molar refractivity (Wildman–Crippen MR) is 122 cm³/mol. The van der Waals surface area contributed by atoms with Crippen LogP contribution in [0, 0.1) is 5.92 Å². The summed E-state index contributed by atoms with van der Waals surface area (Å²) in [5, 5.41) is 2.93. The number of amides is 1. The van der Waals surface area contributed by atoms with Gasteiger partial charge in [0.1, 0.15) is 4.90 Å². The van der Waals surface area contributed by atoms with E-state index in [9.17, 15) is 13.2 Å². The maximum atomic E-state index is 12.8. The monoisotopic (exact) mass is 468 g/mol. The SMILES string of the molecule is COc1cc(C(C)NC(=O)c2ccc(Cl)c(S(=O)(=O)N(C)C)c2)ccc1OCC(C)C. The molecule has 0 aliphatic carbocycles. The first-order chi connectivity index (χ1) is 14.5. The third kappa shape index (κ3) is 6.12. The molecule has 2 aromatic rings. The Labute approximate surface area is 189 Å². The van der Waals surface area contributed by atoms with Crippen LogP contribution >= 0.6 is 11.6 Å². The van der Waals surface area contributed by atoms with Gasteiger partial charge in [-0.1, -0.05) is 31.5 Å². The number of rotatable bonds is 9. The number of hydrogen-bond acceptors (Lipinski definition) is 5. The zero-order chi connectivity index (χ0) is 23.3. The molecule has 7 nitrogen and oxygen atoms in total. The molecule has 1 N–H and O–H groups in total. The van der Waals surface area contributed by atoms with Gasteiger partial charge < -0.3 is 14.8 Å². The van der Waals surface area contributed by atoms with Gasteiger partial charge in [0.05, 0.1) is 24.8 Å². The summed E-state index contributed by atoms with van der Waals surface area (Å²) in [6, 6.07) is 9.29. The maximum absolute atomic E-state index is 12.8. The van der Waals surface area contributed by atoms with Gasteiger partial charge in [-0.05, 0) is 48.7 Å². The Balaban J connectivity index is 2.23. The van der Waals surface area contributed by atoms with Crippen molar-refractivity contribution in [3.63, 3.8) is 0 Å². The third-order valence-corrected chi connectivity index (χ3v) is 6.86. The van der Waals surface area contributed by atoms with Crippen molar-refractivity contribution in [2.45, 2.75) is 31.7 Å². The summed E-state index contributed by atoms with van der Waals surface area (Å²) in [7, 11) is 0.592. The van der Waals surface area contributed by atoms with Crippen LogP contribution in [0.3, 0.4) is 0 Å². The third-order valence-electron chi connectivity index (χ3n) is 4.56. The Morgan fingerprint density at radius 1 is 1.10 bits per heavy atom. The molecular weight excluding hydrogens is 440 g/mol. The van der Waals surface area contributed by atoms with Gasteiger partial charge in [0, 0.05) is 19.7 Å². The first-order valence-corrected chi connectivity index (χ1v) is 11.6. The Morgan fingerprint density at radius 3 is 2.35 bits per heavy atom. The van der Waals surface area contributed by atoms with Crippen LogP contribution in [0.1, 0.15) is 42.7 Å². The van der Waals surface area contributed by atoms with E-state index in [0.717, 1.165) is 9.87 Å². The van der Waals surface area contributed by atoms with Gasteiger partial charge in [0.15, 0.2) is 11.5 Å². The Hall–Kier alpha value is -2.29. The number of nitrogens with zero attached hydrogens (tertiary/aromatic N) is 1. The van der Waals surface area contributed by atoms with Crippen LogP contribution in [-0.4, -0.2) is 46.4 Å². The van der Waals surface area contributed by atoms with Crippen molar-refractivity contribution < 1.29 is 22.7 Å². The molecule has 0 aromatic heterocycles. The highest BCUT2D eigenvalue weighted by Crippen LogP contribution is 2.31. The highest BCUT2D eigenvalue weighted by atomic mass is 35.5. The van der Waals surface area contributed by atoms with Crippen LogP contribution < -0.4 is 14.8 Å². The average molecular weight is 469 g/mol. The van der Waals surface area contributed by atoms with E-state index in [1.807, 2.05) is 25.1 Å². The zero-order valence-electron chi connectivity index (χ0n) is 18.6. The highest BCUT2D eigenvalue weighted by Gasteiger charge is 2.23. The van der Waals surface area contributed by atoms with E-state index in [1.165, 1.54) is 32.3 Å². The molecule has 31 heavy (non-hydrogen) atoms. The lowest BCUT2D eigenvalue weighted by atomic mass is 10.1. The molecule has 0 radical (unpaired) electrons. The Bertz CT molecular complexity index is 1040. The minimum absolute atomic E-state index is 0.0556. The van der Waals surface area contributed by atoms with Crippen molar-refractivity contribution >= 4 is 27.5 Å². The minimum Gasteiger partial charge on any atom is -0.493 e. The number of methoxy groups -OCH3 is 1. The second kappa shape index (κ2) is 10.3.